The Kier molecular flexibility index (Phi) is 33.0. The number of hydrogen-bond donors (Lipinski definition) is 1. The van der Waals surface area contributed by atoms with Crippen LogP contribution < -0.4 is 0 Å². The van der Waals surface area contributed by atoms with Crippen molar-refractivity contribution in [1.29, 1.82) is 1.28 Å². The summed E-state index contributed by atoms with van der Waals surface area (Å²) in [6.07, 6.45) is 16.7. The number of ether oxygens (including phenoxy) is 1. The van der Waals surface area contributed by atoms with Gasteiger partial charge in [-0.1, -0.05) is 19.9 Å². The van der Waals surface area contributed by atoms with Gasteiger partial charge in [0.15, 0.2) is 5.89 Å². The summed E-state index contributed by atoms with van der Waals surface area (Å²) < 4.78 is 28.3. The molecule has 5 fully saturated rings. The number of oxazole rings is 1. The van der Waals surface area contributed by atoms with Crippen LogP contribution in [0.1, 0.15) is 87.8 Å². The summed E-state index contributed by atoms with van der Waals surface area (Å²) >= 11 is 0. The van der Waals surface area contributed by atoms with E-state index in [0.29, 0.717) is 24.3 Å². The maximum atomic E-state index is 11.5. The second-order valence-electron chi connectivity index (χ2n) is 18.3. The Morgan fingerprint density at radius 1 is 0.779 bits per heavy atom. The number of carbonyl (C=O) groups excluding carboxylic acids is 5. The molecule has 23 nitrogen and oxygen atoms in total. The number of nitrogens with one attached hydrogen (secondary N) is 1. The molecule has 11 heterocycles. The summed E-state index contributed by atoms with van der Waals surface area (Å²) in [6.45, 7) is 24.9. The number of cyclic esters (lactones) is 1. The fraction of sp³-hybridized carbons (Fsp3) is 0.585. The van der Waals surface area contributed by atoms with Crippen molar-refractivity contribution in [3.63, 3.8) is 0 Å². The molecular weight excluding hydrogens is 1010 g/mol. The highest BCUT2D eigenvalue weighted by molar-refractivity contribution is 7.37. The van der Waals surface area contributed by atoms with Crippen LogP contribution >= 0.6 is 8.53 Å². The van der Waals surface area contributed by atoms with E-state index >= 15 is 0 Å². The first kappa shape index (κ1) is 66.1. The number of likely N-dealkylation sites (N-methyl/N-ethyl adjacent to an activating group) is 1. The fourth-order valence-electron chi connectivity index (χ4n) is 6.48. The molecule has 1 N–H and O–H groups in total. The third-order valence-electron chi connectivity index (χ3n) is 11.5. The molecule has 0 bridgehead atoms. The van der Waals surface area contributed by atoms with Crippen LogP contribution in [0.4, 0.5) is 4.79 Å². The molecule has 0 radical (unpaired) electrons. The van der Waals surface area contributed by atoms with Crippen LogP contribution in [0.15, 0.2) is 79.8 Å². The van der Waals surface area contributed by atoms with Gasteiger partial charge in [-0.05, 0) is 90.5 Å². The highest BCUT2D eigenvalue weighted by atomic mass is 31.1. The predicted octanol–water partition coefficient (Wildman–Crippen LogP) is 6.92. The van der Waals surface area contributed by atoms with Gasteiger partial charge in [-0.15, -0.1) is 18.7 Å². The van der Waals surface area contributed by atoms with E-state index in [9.17, 15) is 24.0 Å². The number of rotatable bonds is 2. The van der Waals surface area contributed by atoms with Gasteiger partial charge in [0.25, 0.3) is 0 Å². The maximum absolute atomic E-state index is 11.5. The number of aryl methyl sites for hydroxylation is 7. The first-order valence-corrected chi connectivity index (χ1v) is 26.9. The van der Waals surface area contributed by atoms with Crippen molar-refractivity contribution in [2.75, 3.05) is 87.8 Å². The molecule has 24 heteroatoms. The minimum atomic E-state index is -0.716. The molecule has 77 heavy (non-hydrogen) atoms. The zero-order valence-corrected chi connectivity index (χ0v) is 49.3. The second-order valence-corrected chi connectivity index (χ2v) is 19.7. The number of carbonyl (C=O) groups is 5. The Bertz CT molecular complexity index is 2290. The van der Waals surface area contributed by atoms with E-state index in [4.69, 9.17) is 10.1 Å². The average molecular weight is 1100 g/mol. The molecule has 4 unspecified atom stereocenters. The van der Waals surface area contributed by atoms with Crippen molar-refractivity contribution in [2.45, 2.75) is 100 Å². The van der Waals surface area contributed by atoms with Crippen LogP contribution in [0.2, 0.25) is 0 Å². The van der Waals surface area contributed by atoms with Gasteiger partial charge >= 0.3 is 6.09 Å². The molecule has 6 aliphatic heterocycles. The van der Waals surface area contributed by atoms with Crippen molar-refractivity contribution in [3.05, 3.63) is 96.5 Å². The van der Waals surface area contributed by atoms with Gasteiger partial charge in [-0.2, -0.15) is 10.2 Å². The minimum Gasteiger partial charge on any atom is -0.470 e. The predicted molar refractivity (Wildman–Crippen MR) is 299 cm³/mol. The first-order chi connectivity index (χ1) is 36.8. The van der Waals surface area contributed by atoms with E-state index in [1.165, 1.54) is 6.39 Å². The van der Waals surface area contributed by atoms with Crippen LogP contribution in [-0.4, -0.2) is 195 Å². The number of furan rings is 1. The number of nitrogens with zero attached hydrogens (tertiary/aromatic N) is 13. The van der Waals surface area contributed by atoms with E-state index in [-0.39, 0.29) is 35.4 Å². The molecule has 5 aromatic rings. The van der Waals surface area contributed by atoms with Crippen molar-refractivity contribution < 1.29 is 42.0 Å². The van der Waals surface area contributed by atoms with Crippen LogP contribution in [0.5, 0.6) is 0 Å². The number of likely N-dealkylation sites (tertiary alicyclic amines) is 4. The smallest absolute Gasteiger partial charge is 0.409 e. The zero-order chi connectivity index (χ0) is 58.7. The Balaban J connectivity index is 0.000000432. The molecule has 5 aromatic heterocycles. The minimum absolute atomic E-state index is 0.128. The number of β-lactam (4-membered cyclic amide) rings is 1. The molecule has 5 amide bonds. The molecule has 0 aromatic carbocycles. The molecule has 11 rings (SSSR count). The van der Waals surface area contributed by atoms with Gasteiger partial charge in [-0.3, -0.25) is 34.0 Å². The first-order valence-electron chi connectivity index (χ1n) is 25.9. The van der Waals surface area contributed by atoms with E-state index in [2.05, 4.69) is 55.7 Å². The largest absolute Gasteiger partial charge is 0.470 e. The van der Waals surface area contributed by atoms with Crippen molar-refractivity contribution in [3.8, 4) is 0 Å². The molecule has 428 valence electrons. The molecule has 0 saturated carbocycles. The van der Waals surface area contributed by atoms with Crippen LogP contribution in [0.25, 0.3) is 0 Å². The number of allylic oxidation sites excluding steroid dienone is 1. The van der Waals surface area contributed by atoms with Gasteiger partial charge in [0, 0.05) is 125 Å². The quantitative estimate of drug-likeness (QED) is 0.139. The monoisotopic (exact) mass is 1100 g/mol. The molecule has 4 atom stereocenters. The van der Waals surface area contributed by atoms with Gasteiger partial charge < -0.3 is 42.5 Å². The standard InChI is InChI=1S/C8H16NOP.C6H11NO.C5H7NO.C5H9NO.C5H7N.C5H6O.C4H7N3.C4H6N2.C4H7NO2.C4H7NO.C3H4N2O/c1-6(11-3)7-4-5-9(2)8(7)10;1-5-3-4-7(2)6(5)8;1-4-3-6-5(2)7-4;1-6-4-2-3-5(6)7;2*1-5-3-2-4-6-5;1-3-5-4(2)7-6-3;1-6-4-2-3-5-6;1-5-2-3-7-4(5)6;1-5-3-2-4(5)6;1-3-5-4-2-6-3/h6-7,11H,4-5H2,1-3H3;5H,3-4H2,1-2H3;3H,1-2H3;2-4H2,1H3;2-3H,4H2,1H3;2-4H,1H3;1-2H3,(H,5,6,7);2-4H,1H3;2-3H2,1H3;2-3H2,1H3;2H,1H3/i11T;;;;;;;;;;. The molecule has 0 spiro atoms. The van der Waals surface area contributed by atoms with E-state index in [1.807, 2.05) is 128 Å². The zero-order valence-electron chi connectivity index (χ0n) is 49.4. The summed E-state index contributed by atoms with van der Waals surface area (Å²) in [6, 6.07) is 5.68. The van der Waals surface area contributed by atoms with Crippen LogP contribution in [0.3, 0.4) is 0 Å². The average Bonchev–Trinajstić information content (AvgIpc) is 4.25. The lowest BCUT2D eigenvalue weighted by Gasteiger charge is -2.24. The maximum Gasteiger partial charge on any atom is 0.409 e. The molecule has 6 aliphatic rings. The van der Waals surface area contributed by atoms with Crippen LogP contribution in [-0.2, 0) is 31.0 Å². The highest BCUT2D eigenvalue weighted by Crippen LogP contribution is 2.29. The second kappa shape index (κ2) is 38.5. The Labute approximate surface area is 458 Å². The summed E-state index contributed by atoms with van der Waals surface area (Å²) in [7, 11) is 10.2. The van der Waals surface area contributed by atoms with E-state index < -0.39 is 8.53 Å². The lowest BCUT2D eigenvalue weighted by molar-refractivity contribution is -0.137. The SMILES string of the molecule is CC1=NCC=C1.CC1CCN(C)C1=O.CN1CCC1=O.CN1CCCC1=O.CN1CCOC1=O.Cc1ccco1.Cc1cnc(C)o1.Cc1n[nH]c(C)n1.Cc1nnco1.Cn1cccn1.[3H]P(C)C(C)C1CCN(C)C1=O. The summed E-state index contributed by atoms with van der Waals surface area (Å²) in [5, 5.41) is 17.2. The van der Waals surface area contributed by atoms with Crippen LogP contribution in [0, 0.1) is 53.4 Å². The lowest BCUT2D eigenvalue weighted by atomic mass is 10.1. The normalized spacial score (nSPS) is 18.2. The summed E-state index contributed by atoms with van der Waals surface area (Å²) in [5.74, 6) is 6.36. The van der Waals surface area contributed by atoms with Gasteiger partial charge in [-0.25, -0.2) is 14.8 Å². The number of amides is 5. The van der Waals surface area contributed by atoms with Crippen molar-refractivity contribution in [2.24, 2.45) is 23.9 Å². The van der Waals surface area contributed by atoms with Crippen molar-refractivity contribution >= 4 is 44.0 Å². The number of aliphatic imine (C=N–C) groups is 1. The number of H-pyrrole nitrogens is 1. The van der Waals surface area contributed by atoms with E-state index in [0.717, 1.165) is 106 Å². The third kappa shape index (κ3) is 31.0. The molecule has 0 aliphatic carbocycles. The Morgan fingerprint density at radius 2 is 1.45 bits per heavy atom. The van der Waals surface area contributed by atoms with Gasteiger partial charge in [0.2, 0.25) is 35.9 Å². The lowest BCUT2D eigenvalue weighted by Crippen LogP contribution is -2.39. The number of aromatic amines is 1. The summed E-state index contributed by atoms with van der Waals surface area (Å²) in [4.78, 5) is 73.7. The number of aromatic nitrogens is 8. The number of hydrogen-bond acceptors (Lipinski definition) is 16. The Hall–Kier alpha value is -7.03. The van der Waals surface area contributed by atoms with Gasteiger partial charge in [0.05, 0.1) is 26.8 Å². The Morgan fingerprint density at radius 3 is 1.62 bits per heavy atom. The molecule has 5 saturated heterocycles. The van der Waals surface area contributed by atoms with Gasteiger partial charge in [0.1, 0.15) is 29.8 Å². The fourth-order valence-corrected chi connectivity index (χ4v) is 7.12. The third-order valence-corrected chi connectivity index (χ3v) is 12.7. The molecular formula is C53H87N14O9P. The van der Waals surface area contributed by atoms with Crippen molar-refractivity contribution in [1.82, 2.24) is 64.6 Å². The summed E-state index contributed by atoms with van der Waals surface area (Å²) in [5.41, 5.74) is 1.41. The van der Waals surface area contributed by atoms with E-state index in [1.54, 1.807) is 61.8 Å². The highest BCUT2D eigenvalue weighted by Gasteiger charge is 2.32. The topological polar surface area (TPSA) is 261 Å².